The van der Waals surface area contributed by atoms with Crippen molar-refractivity contribution in [3.05, 3.63) is 42.0 Å². The molecule has 0 aliphatic carbocycles. The van der Waals surface area contributed by atoms with Gasteiger partial charge in [0.1, 0.15) is 5.75 Å². The lowest BCUT2D eigenvalue weighted by atomic mass is 10.0. The van der Waals surface area contributed by atoms with Crippen LogP contribution < -0.4 is 0 Å². The third-order valence-electron chi connectivity index (χ3n) is 2.35. The number of phenols is 1. The number of benzene rings is 1. The maximum Gasteiger partial charge on any atom is 0.115 e. The van der Waals surface area contributed by atoms with E-state index in [1.54, 1.807) is 13.2 Å². The Morgan fingerprint density at radius 3 is 2.87 bits per heavy atom. The largest absolute Gasteiger partial charge is 0.508 e. The van der Waals surface area contributed by atoms with Gasteiger partial charge >= 0.3 is 0 Å². The molecule has 0 amide bonds. The van der Waals surface area contributed by atoms with E-state index in [9.17, 15) is 5.11 Å². The summed E-state index contributed by atoms with van der Waals surface area (Å²) in [5, 5.41) is 9.38. The summed E-state index contributed by atoms with van der Waals surface area (Å²) in [6.07, 6.45) is 4.65. The van der Waals surface area contributed by atoms with Crippen molar-refractivity contribution in [2.45, 2.75) is 19.3 Å². The van der Waals surface area contributed by atoms with E-state index in [2.05, 4.69) is 6.58 Å². The molecule has 0 unspecified atom stereocenters. The third-order valence-corrected chi connectivity index (χ3v) is 2.35. The Bertz CT molecular complexity index is 318. The van der Waals surface area contributed by atoms with Gasteiger partial charge in [-0.3, -0.25) is 0 Å². The van der Waals surface area contributed by atoms with Gasteiger partial charge in [0.15, 0.2) is 0 Å². The lowest BCUT2D eigenvalue weighted by molar-refractivity contribution is 0.195. The second-order valence-electron chi connectivity index (χ2n) is 3.54. The van der Waals surface area contributed by atoms with Crippen LogP contribution in [0, 0.1) is 0 Å². The molecule has 1 aromatic carbocycles. The molecule has 0 saturated heterocycles. The van der Waals surface area contributed by atoms with Crippen LogP contribution in [0.4, 0.5) is 0 Å². The van der Waals surface area contributed by atoms with Gasteiger partial charge in [0, 0.05) is 13.7 Å². The van der Waals surface area contributed by atoms with Crippen LogP contribution in [-0.2, 0) is 17.6 Å². The molecule has 0 spiro atoms. The quantitative estimate of drug-likeness (QED) is 0.573. The lowest BCUT2D eigenvalue weighted by Gasteiger charge is -2.08. The summed E-state index contributed by atoms with van der Waals surface area (Å²) in [5.74, 6) is 0.322. The molecule has 0 bridgehead atoms. The Labute approximate surface area is 91.2 Å². The molecule has 0 fully saturated rings. The highest BCUT2D eigenvalue weighted by molar-refractivity contribution is 5.36. The van der Waals surface area contributed by atoms with Gasteiger partial charge in [0.25, 0.3) is 0 Å². The Morgan fingerprint density at radius 2 is 2.20 bits per heavy atom. The van der Waals surface area contributed by atoms with Crippen molar-refractivity contribution in [3.63, 3.8) is 0 Å². The highest BCUT2D eigenvalue weighted by Gasteiger charge is 2.02. The zero-order chi connectivity index (χ0) is 11.1. The molecule has 0 aliphatic rings. The van der Waals surface area contributed by atoms with Gasteiger partial charge in [-0.1, -0.05) is 12.1 Å². The van der Waals surface area contributed by atoms with Crippen LogP contribution in [0.5, 0.6) is 5.75 Å². The first kappa shape index (κ1) is 11.8. The summed E-state index contributed by atoms with van der Waals surface area (Å²) in [5.41, 5.74) is 2.42. The number of methoxy groups -OCH3 is 1. The molecule has 0 radical (unpaired) electrons. The van der Waals surface area contributed by atoms with E-state index in [1.165, 1.54) is 5.56 Å². The minimum Gasteiger partial charge on any atom is -0.508 e. The van der Waals surface area contributed by atoms with Gasteiger partial charge in [-0.15, -0.1) is 6.58 Å². The molecule has 0 atom stereocenters. The second kappa shape index (κ2) is 6.25. The topological polar surface area (TPSA) is 29.5 Å². The lowest BCUT2D eigenvalue weighted by Crippen LogP contribution is -1.96. The standard InChI is InChI=1S/C13H18O2/c1-3-5-12-10-13(14)8-7-11(12)6-4-9-15-2/h3,7-8,10,14H,1,4-6,9H2,2H3. The predicted octanol–water partition coefficient (Wildman–Crippen LogP) is 2.70. The molecule has 0 aliphatic heterocycles. The summed E-state index contributed by atoms with van der Waals surface area (Å²) >= 11 is 0. The van der Waals surface area contributed by atoms with Gasteiger partial charge in [-0.05, 0) is 42.5 Å². The molecule has 15 heavy (non-hydrogen) atoms. The number of ether oxygens (including phenoxy) is 1. The number of rotatable bonds is 6. The van der Waals surface area contributed by atoms with Crippen LogP contribution in [0.3, 0.4) is 0 Å². The van der Waals surface area contributed by atoms with Crippen molar-refractivity contribution in [3.8, 4) is 5.75 Å². The average Bonchev–Trinajstić information content (AvgIpc) is 2.22. The van der Waals surface area contributed by atoms with Gasteiger partial charge < -0.3 is 9.84 Å². The van der Waals surface area contributed by atoms with Crippen molar-refractivity contribution < 1.29 is 9.84 Å². The molecule has 0 saturated carbocycles. The first-order valence-corrected chi connectivity index (χ1v) is 5.18. The van der Waals surface area contributed by atoms with Crippen LogP contribution in [0.15, 0.2) is 30.9 Å². The SMILES string of the molecule is C=CCc1cc(O)ccc1CCCOC. The van der Waals surface area contributed by atoms with E-state index in [0.29, 0.717) is 5.75 Å². The van der Waals surface area contributed by atoms with Crippen LogP contribution in [-0.4, -0.2) is 18.8 Å². The first-order valence-electron chi connectivity index (χ1n) is 5.18. The monoisotopic (exact) mass is 206 g/mol. The van der Waals surface area contributed by atoms with E-state index in [4.69, 9.17) is 4.74 Å². The molecule has 1 aromatic rings. The number of allylic oxidation sites excluding steroid dienone is 1. The summed E-state index contributed by atoms with van der Waals surface area (Å²) in [6, 6.07) is 5.52. The highest BCUT2D eigenvalue weighted by Crippen LogP contribution is 2.18. The summed E-state index contributed by atoms with van der Waals surface area (Å²) in [6.45, 7) is 4.49. The molecule has 2 nitrogen and oxygen atoms in total. The molecule has 0 aromatic heterocycles. The first-order chi connectivity index (χ1) is 7.27. The van der Waals surface area contributed by atoms with Gasteiger partial charge in [0.2, 0.25) is 0 Å². The minimum atomic E-state index is 0.322. The van der Waals surface area contributed by atoms with Gasteiger partial charge in [-0.2, -0.15) is 0 Å². The second-order valence-corrected chi connectivity index (χ2v) is 3.54. The van der Waals surface area contributed by atoms with Crippen LogP contribution in [0.1, 0.15) is 17.5 Å². The summed E-state index contributed by atoms with van der Waals surface area (Å²) in [7, 11) is 1.71. The van der Waals surface area contributed by atoms with Gasteiger partial charge in [-0.25, -0.2) is 0 Å². The van der Waals surface area contributed by atoms with Crippen LogP contribution >= 0.6 is 0 Å². The van der Waals surface area contributed by atoms with E-state index < -0.39 is 0 Å². The fourth-order valence-electron chi connectivity index (χ4n) is 1.61. The Hall–Kier alpha value is -1.28. The summed E-state index contributed by atoms with van der Waals surface area (Å²) < 4.78 is 5.02. The third kappa shape index (κ3) is 3.76. The van der Waals surface area contributed by atoms with E-state index in [1.807, 2.05) is 18.2 Å². The Morgan fingerprint density at radius 1 is 1.40 bits per heavy atom. The number of hydrogen-bond donors (Lipinski definition) is 1. The Kier molecular flexibility index (Phi) is 4.91. The zero-order valence-corrected chi connectivity index (χ0v) is 9.20. The van der Waals surface area contributed by atoms with Crippen LogP contribution in [0.2, 0.25) is 0 Å². The number of phenolic OH excluding ortho intramolecular Hbond substituents is 1. The fourth-order valence-corrected chi connectivity index (χ4v) is 1.61. The maximum absolute atomic E-state index is 9.38. The molecule has 1 rings (SSSR count). The van der Waals surface area contributed by atoms with Crippen molar-refractivity contribution >= 4 is 0 Å². The van der Waals surface area contributed by atoms with Crippen LogP contribution in [0.25, 0.3) is 0 Å². The molecule has 1 N–H and O–H groups in total. The van der Waals surface area contributed by atoms with E-state index in [0.717, 1.165) is 31.4 Å². The van der Waals surface area contributed by atoms with Crippen molar-refractivity contribution in [2.24, 2.45) is 0 Å². The van der Waals surface area contributed by atoms with Crippen molar-refractivity contribution in [1.29, 1.82) is 0 Å². The smallest absolute Gasteiger partial charge is 0.115 e. The normalized spacial score (nSPS) is 10.2. The molecular formula is C13H18O2. The highest BCUT2D eigenvalue weighted by atomic mass is 16.5. The number of aryl methyl sites for hydroxylation is 1. The predicted molar refractivity (Wildman–Crippen MR) is 62.2 cm³/mol. The molecule has 2 heteroatoms. The average molecular weight is 206 g/mol. The molecular weight excluding hydrogens is 188 g/mol. The fraction of sp³-hybridized carbons (Fsp3) is 0.385. The summed E-state index contributed by atoms with van der Waals surface area (Å²) in [4.78, 5) is 0. The number of hydrogen-bond acceptors (Lipinski definition) is 2. The van der Waals surface area contributed by atoms with Gasteiger partial charge in [0.05, 0.1) is 0 Å². The zero-order valence-electron chi connectivity index (χ0n) is 9.20. The molecule has 82 valence electrons. The van der Waals surface area contributed by atoms with E-state index in [-0.39, 0.29) is 0 Å². The Balaban J connectivity index is 2.71. The molecule has 0 heterocycles. The van der Waals surface area contributed by atoms with Crippen molar-refractivity contribution in [2.75, 3.05) is 13.7 Å². The maximum atomic E-state index is 9.38. The minimum absolute atomic E-state index is 0.322. The van der Waals surface area contributed by atoms with Crippen molar-refractivity contribution in [1.82, 2.24) is 0 Å². The number of aromatic hydroxyl groups is 1. The van der Waals surface area contributed by atoms with E-state index >= 15 is 0 Å².